The summed E-state index contributed by atoms with van der Waals surface area (Å²) in [6, 6.07) is 0. The summed E-state index contributed by atoms with van der Waals surface area (Å²) in [5.74, 6) is 0. The minimum atomic E-state index is -2.09. The van der Waals surface area contributed by atoms with Crippen LogP contribution in [-0.4, -0.2) is 20.8 Å². The normalized spacial score (nSPS) is 23.1. The van der Waals surface area contributed by atoms with Crippen molar-refractivity contribution in [3.63, 3.8) is 0 Å². The molecule has 0 spiro atoms. The second-order valence-corrected chi connectivity index (χ2v) is 10.9. The van der Waals surface area contributed by atoms with Gasteiger partial charge in [-0.2, -0.15) is 0 Å². The van der Waals surface area contributed by atoms with E-state index in [2.05, 4.69) is 27.7 Å². The van der Waals surface area contributed by atoms with Gasteiger partial charge < -0.3 is 8.85 Å². The highest BCUT2D eigenvalue weighted by Gasteiger charge is 2.54. The van der Waals surface area contributed by atoms with Crippen molar-refractivity contribution < 1.29 is 8.85 Å². The van der Waals surface area contributed by atoms with Crippen molar-refractivity contribution in [1.29, 1.82) is 0 Å². The Morgan fingerprint density at radius 1 is 0.650 bits per heavy atom. The molecule has 0 aromatic carbocycles. The van der Waals surface area contributed by atoms with E-state index in [9.17, 15) is 0 Å². The van der Waals surface area contributed by atoms with E-state index in [1.807, 2.05) is 0 Å². The Morgan fingerprint density at radius 3 is 1.35 bits per heavy atom. The number of hydrogen-bond acceptors (Lipinski definition) is 2. The van der Waals surface area contributed by atoms with Gasteiger partial charge in [0.25, 0.3) is 0 Å². The summed E-state index contributed by atoms with van der Waals surface area (Å²) in [7, 11) is -2.09. The van der Waals surface area contributed by atoms with E-state index in [0.717, 1.165) is 11.1 Å². The summed E-state index contributed by atoms with van der Waals surface area (Å²) in [5, 5.41) is 0. The Balaban J connectivity index is 2.24. The minimum Gasteiger partial charge on any atom is -0.391 e. The summed E-state index contributed by atoms with van der Waals surface area (Å²) in [5.41, 5.74) is 1.49. The van der Waals surface area contributed by atoms with E-state index in [0.29, 0.717) is 12.2 Å². The van der Waals surface area contributed by atoms with E-state index < -0.39 is 8.56 Å². The first-order valence-corrected chi connectivity index (χ1v) is 10.9. The molecule has 0 amide bonds. The summed E-state index contributed by atoms with van der Waals surface area (Å²) >= 11 is 0. The van der Waals surface area contributed by atoms with Crippen LogP contribution in [0.25, 0.3) is 0 Å². The fraction of sp³-hybridized carbons (Fsp3) is 1.00. The van der Waals surface area contributed by atoms with Gasteiger partial charge in [-0.15, -0.1) is 0 Å². The maximum Gasteiger partial charge on any atom is 0.345 e. The van der Waals surface area contributed by atoms with Crippen molar-refractivity contribution in [2.45, 2.75) is 109 Å². The maximum atomic E-state index is 6.69. The SMILES string of the molecule is CC(C)O[Si](OC(C)C)(C1CCCCC1)C1CCCC1. The quantitative estimate of drug-likeness (QED) is 0.598. The molecule has 3 heteroatoms. The molecule has 0 bridgehead atoms. The third kappa shape index (κ3) is 3.86. The molecule has 0 N–H and O–H groups in total. The number of hydrogen-bond donors (Lipinski definition) is 0. The molecule has 2 saturated carbocycles. The van der Waals surface area contributed by atoms with Crippen molar-refractivity contribution in [1.82, 2.24) is 0 Å². The van der Waals surface area contributed by atoms with Crippen molar-refractivity contribution in [3.8, 4) is 0 Å². The molecule has 118 valence electrons. The van der Waals surface area contributed by atoms with Gasteiger partial charge in [0.05, 0.1) is 0 Å². The van der Waals surface area contributed by atoms with Crippen LogP contribution in [0.1, 0.15) is 85.5 Å². The summed E-state index contributed by atoms with van der Waals surface area (Å²) in [4.78, 5) is 0. The molecule has 20 heavy (non-hydrogen) atoms. The first kappa shape index (κ1) is 16.5. The molecule has 0 saturated heterocycles. The predicted octanol–water partition coefficient (Wildman–Crippen LogP) is 5.56. The lowest BCUT2D eigenvalue weighted by Crippen LogP contribution is -2.54. The molecule has 2 rings (SSSR count). The second kappa shape index (κ2) is 7.41. The molecule has 2 nitrogen and oxygen atoms in total. The lowest BCUT2D eigenvalue weighted by molar-refractivity contribution is 0.0838. The van der Waals surface area contributed by atoms with Crippen LogP contribution in [0.2, 0.25) is 11.1 Å². The van der Waals surface area contributed by atoms with Crippen LogP contribution in [0.5, 0.6) is 0 Å². The zero-order chi connectivity index (χ0) is 14.6. The fourth-order valence-electron chi connectivity index (χ4n) is 4.32. The smallest absolute Gasteiger partial charge is 0.345 e. The first-order chi connectivity index (χ1) is 9.54. The van der Waals surface area contributed by atoms with Crippen LogP contribution in [0, 0.1) is 0 Å². The van der Waals surface area contributed by atoms with Crippen LogP contribution >= 0.6 is 0 Å². The molecular weight excluding hydrogens is 264 g/mol. The molecule has 2 aliphatic carbocycles. The molecule has 2 fully saturated rings. The fourth-order valence-corrected chi connectivity index (χ4v) is 9.71. The molecule has 0 atom stereocenters. The van der Waals surface area contributed by atoms with Crippen LogP contribution < -0.4 is 0 Å². The Kier molecular flexibility index (Phi) is 6.12. The van der Waals surface area contributed by atoms with Gasteiger partial charge in [-0.25, -0.2) is 0 Å². The van der Waals surface area contributed by atoms with Gasteiger partial charge in [0.15, 0.2) is 0 Å². The zero-order valence-corrected chi connectivity index (χ0v) is 15.0. The second-order valence-electron chi connectivity index (χ2n) is 7.37. The van der Waals surface area contributed by atoms with E-state index in [1.165, 1.54) is 57.8 Å². The van der Waals surface area contributed by atoms with Crippen molar-refractivity contribution >= 4 is 8.56 Å². The van der Waals surface area contributed by atoms with E-state index in [4.69, 9.17) is 8.85 Å². The Hall–Kier alpha value is 0.137. The van der Waals surface area contributed by atoms with Gasteiger partial charge in [-0.05, 0) is 53.4 Å². The molecule has 2 aliphatic rings. The lowest BCUT2D eigenvalue weighted by Gasteiger charge is -2.45. The molecule has 0 aromatic heterocycles. The Bertz CT molecular complexity index is 269. The van der Waals surface area contributed by atoms with Gasteiger partial charge in [-0.3, -0.25) is 0 Å². The van der Waals surface area contributed by atoms with Gasteiger partial charge in [0.1, 0.15) is 0 Å². The van der Waals surface area contributed by atoms with Crippen molar-refractivity contribution in [2.75, 3.05) is 0 Å². The van der Waals surface area contributed by atoms with Crippen molar-refractivity contribution in [3.05, 3.63) is 0 Å². The highest BCUT2D eigenvalue weighted by atomic mass is 28.4. The third-order valence-corrected chi connectivity index (χ3v) is 10.0. The van der Waals surface area contributed by atoms with Gasteiger partial charge in [0, 0.05) is 23.3 Å². The Morgan fingerprint density at radius 2 is 1.00 bits per heavy atom. The molecule has 0 unspecified atom stereocenters. The van der Waals surface area contributed by atoms with Crippen LogP contribution in [-0.2, 0) is 8.85 Å². The van der Waals surface area contributed by atoms with Crippen LogP contribution in [0.4, 0.5) is 0 Å². The largest absolute Gasteiger partial charge is 0.391 e. The summed E-state index contributed by atoms with van der Waals surface area (Å²) < 4.78 is 13.4. The van der Waals surface area contributed by atoms with Gasteiger partial charge >= 0.3 is 8.56 Å². The average Bonchev–Trinajstić information content (AvgIpc) is 2.92. The lowest BCUT2D eigenvalue weighted by atomic mass is 10.0. The van der Waals surface area contributed by atoms with E-state index in [1.54, 1.807) is 0 Å². The highest BCUT2D eigenvalue weighted by molar-refractivity contribution is 6.70. The third-order valence-electron chi connectivity index (χ3n) is 4.94. The standard InChI is InChI=1S/C17H34O2Si/c1-14(2)18-20(19-15(3)4,17-12-8-9-13-17)16-10-6-5-7-11-16/h14-17H,5-13H2,1-4H3. The molecule has 0 radical (unpaired) electrons. The van der Waals surface area contributed by atoms with Crippen LogP contribution in [0.15, 0.2) is 0 Å². The van der Waals surface area contributed by atoms with E-state index in [-0.39, 0.29) is 0 Å². The number of rotatable bonds is 6. The summed E-state index contributed by atoms with van der Waals surface area (Å²) in [6.07, 6.45) is 13.0. The van der Waals surface area contributed by atoms with Gasteiger partial charge in [-0.1, -0.05) is 32.1 Å². The van der Waals surface area contributed by atoms with E-state index >= 15 is 0 Å². The minimum absolute atomic E-state index is 0.308. The average molecular weight is 299 g/mol. The van der Waals surface area contributed by atoms with Crippen LogP contribution in [0.3, 0.4) is 0 Å². The predicted molar refractivity (Wildman–Crippen MR) is 87.2 cm³/mol. The van der Waals surface area contributed by atoms with Crippen molar-refractivity contribution in [2.24, 2.45) is 0 Å². The molecule has 0 aliphatic heterocycles. The Labute approximate surface area is 126 Å². The zero-order valence-electron chi connectivity index (χ0n) is 14.0. The topological polar surface area (TPSA) is 18.5 Å². The molecule has 0 heterocycles. The van der Waals surface area contributed by atoms with Gasteiger partial charge in [0.2, 0.25) is 0 Å². The monoisotopic (exact) mass is 298 g/mol. The first-order valence-electron chi connectivity index (χ1n) is 8.90. The summed E-state index contributed by atoms with van der Waals surface area (Å²) in [6.45, 7) is 8.79. The maximum absolute atomic E-state index is 6.69. The molecular formula is C17H34O2Si. The highest BCUT2D eigenvalue weighted by Crippen LogP contribution is 2.50. The molecule has 0 aromatic rings.